The standard InChI is InChI=1S/C15H19N3O2S/c19-14(13-3-1-2-10-21-13)17-11-4-6-12(7-5-11)18-9-8-16-15(18)20/h4-7,13H,1-3,8-10H2,(H,16,20)(H,17,19). The summed E-state index contributed by atoms with van der Waals surface area (Å²) in [5, 5.41) is 5.81. The molecule has 0 radical (unpaired) electrons. The van der Waals surface area contributed by atoms with Gasteiger partial charge < -0.3 is 10.6 Å². The predicted molar refractivity (Wildman–Crippen MR) is 85.9 cm³/mol. The molecule has 0 aliphatic carbocycles. The number of nitrogens with zero attached hydrogens (tertiary/aromatic N) is 1. The van der Waals surface area contributed by atoms with Crippen LogP contribution in [0.2, 0.25) is 0 Å². The van der Waals surface area contributed by atoms with Crippen molar-refractivity contribution in [1.82, 2.24) is 5.32 Å². The average Bonchev–Trinajstić information content (AvgIpc) is 2.95. The zero-order valence-corrected chi connectivity index (χ0v) is 12.6. The third-order valence-electron chi connectivity index (χ3n) is 3.78. The van der Waals surface area contributed by atoms with Gasteiger partial charge in [0, 0.05) is 24.5 Å². The molecule has 1 atom stereocenters. The average molecular weight is 305 g/mol. The van der Waals surface area contributed by atoms with Crippen LogP contribution in [0.15, 0.2) is 24.3 Å². The smallest absolute Gasteiger partial charge is 0.321 e. The molecule has 5 nitrogen and oxygen atoms in total. The van der Waals surface area contributed by atoms with Crippen LogP contribution >= 0.6 is 11.8 Å². The van der Waals surface area contributed by atoms with E-state index in [1.807, 2.05) is 24.3 Å². The maximum Gasteiger partial charge on any atom is 0.321 e. The maximum atomic E-state index is 12.2. The fraction of sp³-hybridized carbons (Fsp3) is 0.467. The van der Waals surface area contributed by atoms with Gasteiger partial charge in [-0.25, -0.2) is 4.79 Å². The second kappa shape index (κ2) is 6.39. The molecule has 0 aromatic heterocycles. The Kier molecular flexibility index (Phi) is 4.34. The molecule has 0 saturated carbocycles. The van der Waals surface area contributed by atoms with E-state index in [-0.39, 0.29) is 17.2 Å². The fourth-order valence-electron chi connectivity index (χ4n) is 2.61. The Morgan fingerprint density at radius 1 is 1.29 bits per heavy atom. The van der Waals surface area contributed by atoms with Crippen LogP contribution in [0, 0.1) is 0 Å². The minimum absolute atomic E-state index is 0.0645. The highest BCUT2D eigenvalue weighted by Crippen LogP contribution is 2.26. The van der Waals surface area contributed by atoms with Crippen LogP contribution < -0.4 is 15.5 Å². The van der Waals surface area contributed by atoms with Gasteiger partial charge in [-0.15, -0.1) is 11.8 Å². The largest absolute Gasteiger partial charge is 0.336 e. The molecule has 0 spiro atoms. The third kappa shape index (κ3) is 3.32. The van der Waals surface area contributed by atoms with Crippen molar-refractivity contribution in [3.05, 3.63) is 24.3 Å². The number of nitrogens with one attached hydrogen (secondary N) is 2. The molecule has 1 unspecified atom stereocenters. The normalized spacial score (nSPS) is 22.0. The summed E-state index contributed by atoms with van der Waals surface area (Å²) in [4.78, 5) is 25.4. The molecule has 112 valence electrons. The van der Waals surface area contributed by atoms with E-state index >= 15 is 0 Å². The number of urea groups is 1. The summed E-state index contributed by atoms with van der Waals surface area (Å²) in [7, 11) is 0. The van der Waals surface area contributed by atoms with Gasteiger partial charge in [-0.05, 0) is 42.9 Å². The zero-order valence-electron chi connectivity index (χ0n) is 11.8. The first-order valence-corrected chi connectivity index (χ1v) is 8.37. The number of amides is 3. The van der Waals surface area contributed by atoms with Crippen molar-refractivity contribution in [3.8, 4) is 0 Å². The first-order chi connectivity index (χ1) is 10.2. The van der Waals surface area contributed by atoms with Crippen molar-refractivity contribution in [2.45, 2.75) is 24.5 Å². The number of carbonyl (C=O) groups is 2. The molecule has 2 saturated heterocycles. The molecule has 2 fully saturated rings. The van der Waals surface area contributed by atoms with Crippen LogP contribution in [0.5, 0.6) is 0 Å². The van der Waals surface area contributed by atoms with E-state index in [1.54, 1.807) is 16.7 Å². The molecule has 21 heavy (non-hydrogen) atoms. The molecule has 3 amide bonds. The van der Waals surface area contributed by atoms with E-state index in [1.165, 1.54) is 6.42 Å². The Labute approximate surface area is 128 Å². The van der Waals surface area contributed by atoms with E-state index in [0.717, 1.165) is 30.0 Å². The summed E-state index contributed by atoms with van der Waals surface area (Å²) in [6.45, 7) is 1.36. The zero-order chi connectivity index (χ0) is 14.7. The van der Waals surface area contributed by atoms with Crippen molar-refractivity contribution in [2.24, 2.45) is 0 Å². The van der Waals surface area contributed by atoms with Gasteiger partial charge in [0.2, 0.25) is 5.91 Å². The Hall–Kier alpha value is -1.69. The molecule has 2 heterocycles. The summed E-state index contributed by atoms with van der Waals surface area (Å²) in [5.74, 6) is 1.16. The summed E-state index contributed by atoms with van der Waals surface area (Å²) in [6, 6.07) is 7.38. The molecule has 3 rings (SSSR count). The van der Waals surface area contributed by atoms with Crippen molar-refractivity contribution >= 4 is 35.1 Å². The van der Waals surface area contributed by atoms with E-state index in [9.17, 15) is 9.59 Å². The second-order valence-corrected chi connectivity index (χ2v) is 6.59. The number of rotatable bonds is 3. The van der Waals surface area contributed by atoms with E-state index in [2.05, 4.69) is 10.6 Å². The lowest BCUT2D eigenvalue weighted by Gasteiger charge is -2.20. The van der Waals surface area contributed by atoms with Gasteiger partial charge in [-0.1, -0.05) is 6.42 Å². The Morgan fingerprint density at radius 2 is 2.10 bits per heavy atom. The highest BCUT2D eigenvalue weighted by atomic mass is 32.2. The number of benzene rings is 1. The minimum Gasteiger partial charge on any atom is -0.336 e. The highest BCUT2D eigenvalue weighted by Gasteiger charge is 2.23. The van der Waals surface area contributed by atoms with Crippen molar-refractivity contribution in [2.75, 3.05) is 29.1 Å². The highest BCUT2D eigenvalue weighted by molar-refractivity contribution is 8.00. The summed E-state index contributed by atoms with van der Waals surface area (Å²) in [6.07, 6.45) is 3.30. The van der Waals surface area contributed by atoms with Crippen LogP contribution in [0.25, 0.3) is 0 Å². The molecule has 0 bridgehead atoms. The summed E-state index contributed by atoms with van der Waals surface area (Å²) in [5.41, 5.74) is 1.64. The molecule has 1 aromatic rings. The molecule has 2 aliphatic heterocycles. The number of hydrogen-bond acceptors (Lipinski definition) is 3. The summed E-state index contributed by atoms with van der Waals surface area (Å²) >= 11 is 1.74. The van der Waals surface area contributed by atoms with Crippen LogP contribution in [0.1, 0.15) is 19.3 Å². The van der Waals surface area contributed by atoms with Crippen molar-refractivity contribution in [1.29, 1.82) is 0 Å². The fourth-order valence-corrected chi connectivity index (χ4v) is 3.81. The van der Waals surface area contributed by atoms with Crippen LogP contribution in [-0.2, 0) is 4.79 Å². The summed E-state index contributed by atoms with van der Waals surface area (Å²) < 4.78 is 0. The predicted octanol–water partition coefficient (Wildman–Crippen LogP) is 2.44. The number of hydrogen-bond donors (Lipinski definition) is 2. The van der Waals surface area contributed by atoms with Gasteiger partial charge in [-0.3, -0.25) is 9.69 Å². The molecular formula is C15H19N3O2S. The second-order valence-electron chi connectivity index (χ2n) is 5.27. The van der Waals surface area contributed by atoms with Gasteiger partial charge in [-0.2, -0.15) is 0 Å². The van der Waals surface area contributed by atoms with Crippen molar-refractivity contribution in [3.63, 3.8) is 0 Å². The molecule has 2 aliphatic rings. The van der Waals surface area contributed by atoms with Crippen molar-refractivity contribution < 1.29 is 9.59 Å². The number of thioether (sulfide) groups is 1. The van der Waals surface area contributed by atoms with E-state index < -0.39 is 0 Å². The Morgan fingerprint density at radius 3 is 2.71 bits per heavy atom. The van der Waals surface area contributed by atoms with E-state index in [4.69, 9.17) is 0 Å². The lowest BCUT2D eigenvalue weighted by molar-refractivity contribution is -0.115. The van der Waals surface area contributed by atoms with Crippen LogP contribution in [0.4, 0.5) is 16.2 Å². The van der Waals surface area contributed by atoms with Gasteiger partial charge in [0.1, 0.15) is 0 Å². The number of anilines is 2. The van der Waals surface area contributed by atoms with Gasteiger partial charge >= 0.3 is 6.03 Å². The first kappa shape index (κ1) is 14.3. The topological polar surface area (TPSA) is 61.4 Å². The van der Waals surface area contributed by atoms with Crippen LogP contribution in [-0.4, -0.2) is 36.0 Å². The van der Waals surface area contributed by atoms with Gasteiger partial charge in [0.15, 0.2) is 0 Å². The Balaban J connectivity index is 1.61. The molecule has 2 N–H and O–H groups in total. The quantitative estimate of drug-likeness (QED) is 0.901. The van der Waals surface area contributed by atoms with Crippen LogP contribution in [0.3, 0.4) is 0 Å². The SMILES string of the molecule is O=C(Nc1ccc(N2CCNC2=O)cc1)C1CCCCS1. The third-order valence-corrected chi connectivity index (χ3v) is 5.15. The Bertz CT molecular complexity index is 526. The van der Waals surface area contributed by atoms with Gasteiger partial charge in [0.05, 0.1) is 5.25 Å². The van der Waals surface area contributed by atoms with Gasteiger partial charge in [0.25, 0.3) is 0 Å². The maximum absolute atomic E-state index is 12.2. The lowest BCUT2D eigenvalue weighted by Crippen LogP contribution is -2.28. The minimum atomic E-state index is -0.0645. The molecular weight excluding hydrogens is 286 g/mol. The van der Waals surface area contributed by atoms with E-state index in [0.29, 0.717) is 13.1 Å². The number of carbonyl (C=O) groups excluding carboxylic acids is 2. The lowest BCUT2D eigenvalue weighted by atomic mass is 10.1. The first-order valence-electron chi connectivity index (χ1n) is 7.32. The monoisotopic (exact) mass is 305 g/mol. The molecule has 1 aromatic carbocycles. The molecule has 6 heteroatoms.